The lowest BCUT2D eigenvalue weighted by molar-refractivity contribution is -0.393. The Hall–Kier alpha value is -2.36. The van der Waals surface area contributed by atoms with Crippen LogP contribution in [-0.2, 0) is 4.79 Å². The van der Waals surface area contributed by atoms with E-state index in [1.165, 1.54) is 0 Å². The first-order chi connectivity index (χ1) is 10.4. The first kappa shape index (κ1) is 17.7. The molecule has 9 nitrogen and oxygen atoms in total. The molecule has 10 heteroatoms. The smallest absolute Gasteiger partial charge is 0.326 e. The number of benzene rings is 1. The number of anilines is 1. The molecule has 0 saturated heterocycles. The normalized spacial score (nSPS) is 11.7. The monoisotopic (exact) mass is 329 g/mol. The predicted molar refractivity (Wildman–Crippen MR) is 82.4 cm³/mol. The van der Waals surface area contributed by atoms with Gasteiger partial charge in [-0.15, -0.1) is 0 Å². The lowest BCUT2D eigenvalue weighted by atomic mass is 10.2. The fourth-order valence-electron chi connectivity index (χ4n) is 1.70. The predicted octanol–water partition coefficient (Wildman–Crippen LogP) is 2.51. The summed E-state index contributed by atoms with van der Waals surface area (Å²) in [6.07, 6.45) is 0.280. The first-order valence-corrected chi connectivity index (χ1v) is 7.52. The van der Waals surface area contributed by atoms with Crippen molar-refractivity contribution >= 4 is 34.8 Å². The first-order valence-electron chi connectivity index (χ1n) is 6.36. The maximum Gasteiger partial charge on any atom is 0.326 e. The van der Waals surface area contributed by atoms with Crippen LogP contribution in [0.15, 0.2) is 18.2 Å². The summed E-state index contributed by atoms with van der Waals surface area (Å²) in [4.78, 5) is 31.3. The Morgan fingerprint density at radius 1 is 1.36 bits per heavy atom. The van der Waals surface area contributed by atoms with Gasteiger partial charge in [-0.05, 0) is 24.0 Å². The number of nitrogens with one attached hydrogen (secondary N) is 1. The molecular weight excluding hydrogens is 314 g/mol. The van der Waals surface area contributed by atoms with Crippen molar-refractivity contribution in [1.29, 1.82) is 0 Å². The molecule has 0 unspecified atom stereocenters. The number of thioether (sulfide) groups is 1. The zero-order valence-electron chi connectivity index (χ0n) is 11.7. The topological polar surface area (TPSA) is 136 Å². The van der Waals surface area contributed by atoms with Crippen LogP contribution in [0.25, 0.3) is 0 Å². The van der Waals surface area contributed by atoms with Gasteiger partial charge in [0.1, 0.15) is 11.7 Å². The minimum Gasteiger partial charge on any atom is -0.480 e. The Morgan fingerprint density at radius 3 is 2.55 bits per heavy atom. The summed E-state index contributed by atoms with van der Waals surface area (Å²) in [5, 5.41) is 33.4. The minimum absolute atomic E-state index is 0.0514. The molecule has 1 aromatic rings. The van der Waals surface area contributed by atoms with E-state index in [0.29, 0.717) is 5.75 Å². The van der Waals surface area contributed by atoms with Gasteiger partial charge in [0.05, 0.1) is 15.9 Å². The van der Waals surface area contributed by atoms with E-state index in [9.17, 15) is 25.0 Å². The SMILES string of the molecule is CCSCC[C@@H](Nc1ccc([N+](=O)[O-])cc1[N+](=O)[O-])C(=O)O. The van der Waals surface area contributed by atoms with Crippen LogP contribution in [0.4, 0.5) is 17.1 Å². The van der Waals surface area contributed by atoms with Crippen LogP contribution in [0.1, 0.15) is 13.3 Å². The number of aliphatic carboxylic acids is 1. The Bertz CT molecular complexity index is 580. The van der Waals surface area contributed by atoms with Gasteiger partial charge in [-0.3, -0.25) is 20.2 Å². The number of non-ortho nitro benzene ring substituents is 1. The van der Waals surface area contributed by atoms with Gasteiger partial charge in [0.25, 0.3) is 11.4 Å². The van der Waals surface area contributed by atoms with Gasteiger partial charge in [-0.25, -0.2) is 4.79 Å². The highest BCUT2D eigenvalue weighted by Crippen LogP contribution is 2.29. The van der Waals surface area contributed by atoms with Crippen molar-refractivity contribution in [1.82, 2.24) is 0 Å². The number of carboxylic acid groups (broad SMARTS) is 1. The van der Waals surface area contributed by atoms with Crippen LogP contribution in [-0.4, -0.2) is 38.5 Å². The van der Waals surface area contributed by atoms with Gasteiger partial charge in [0.15, 0.2) is 0 Å². The number of carboxylic acids is 1. The molecule has 0 bridgehead atoms. The van der Waals surface area contributed by atoms with E-state index in [-0.39, 0.29) is 12.1 Å². The average Bonchev–Trinajstić information content (AvgIpc) is 2.45. The Kier molecular flexibility index (Phi) is 6.57. The third kappa shape index (κ3) is 4.88. The highest BCUT2D eigenvalue weighted by molar-refractivity contribution is 7.99. The van der Waals surface area contributed by atoms with Crippen molar-refractivity contribution in [2.75, 3.05) is 16.8 Å². The molecule has 0 aliphatic rings. The van der Waals surface area contributed by atoms with E-state index in [2.05, 4.69) is 5.32 Å². The van der Waals surface area contributed by atoms with Crippen LogP contribution >= 0.6 is 11.8 Å². The molecule has 0 fully saturated rings. The van der Waals surface area contributed by atoms with Crippen molar-refractivity contribution in [2.45, 2.75) is 19.4 Å². The van der Waals surface area contributed by atoms with Crippen LogP contribution in [0, 0.1) is 20.2 Å². The van der Waals surface area contributed by atoms with Gasteiger partial charge < -0.3 is 10.4 Å². The third-order valence-corrected chi connectivity index (χ3v) is 3.70. The lowest BCUT2D eigenvalue weighted by Gasteiger charge is -2.15. The highest BCUT2D eigenvalue weighted by atomic mass is 32.2. The van der Waals surface area contributed by atoms with E-state index in [0.717, 1.165) is 24.0 Å². The number of nitro benzene ring substituents is 2. The molecule has 1 aromatic carbocycles. The molecule has 0 aliphatic heterocycles. The number of nitro groups is 2. The quantitative estimate of drug-likeness (QED) is 0.400. The van der Waals surface area contributed by atoms with Crippen LogP contribution < -0.4 is 5.32 Å². The van der Waals surface area contributed by atoms with Crippen LogP contribution in [0.2, 0.25) is 0 Å². The fourth-order valence-corrected chi connectivity index (χ4v) is 2.39. The van der Waals surface area contributed by atoms with Crippen molar-refractivity contribution < 1.29 is 19.7 Å². The zero-order valence-corrected chi connectivity index (χ0v) is 12.5. The second-order valence-corrected chi connectivity index (χ2v) is 5.63. The molecule has 0 saturated carbocycles. The van der Waals surface area contributed by atoms with E-state index < -0.39 is 33.2 Å². The molecule has 0 spiro atoms. The van der Waals surface area contributed by atoms with E-state index in [1.54, 1.807) is 11.8 Å². The van der Waals surface area contributed by atoms with Crippen molar-refractivity contribution in [3.8, 4) is 0 Å². The summed E-state index contributed by atoms with van der Waals surface area (Å²) in [7, 11) is 0. The van der Waals surface area contributed by atoms with Gasteiger partial charge in [-0.2, -0.15) is 11.8 Å². The van der Waals surface area contributed by atoms with Crippen LogP contribution in [0.5, 0.6) is 0 Å². The summed E-state index contributed by atoms with van der Waals surface area (Å²) in [6, 6.07) is 2.05. The maximum atomic E-state index is 11.2. The summed E-state index contributed by atoms with van der Waals surface area (Å²) in [5.74, 6) is 0.287. The molecule has 22 heavy (non-hydrogen) atoms. The van der Waals surface area contributed by atoms with Crippen molar-refractivity contribution in [3.63, 3.8) is 0 Å². The van der Waals surface area contributed by atoms with E-state index in [1.807, 2.05) is 6.92 Å². The van der Waals surface area contributed by atoms with Gasteiger partial charge in [0.2, 0.25) is 0 Å². The summed E-state index contributed by atoms with van der Waals surface area (Å²) in [5.41, 5.74) is -1.00. The molecule has 1 rings (SSSR count). The molecule has 2 N–H and O–H groups in total. The van der Waals surface area contributed by atoms with Crippen molar-refractivity contribution in [3.05, 3.63) is 38.4 Å². The molecule has 0 aliphatic carbocycles. The Labute approximate surface area is 130 Å². The number of hydrogen-bond acceptors (Lipinski definition) is 7. The standard InChI is InChI=1S/C12H15N3O6S/c1-2-22-6-5-10(12(16)17)13-9-4-3-8(14(18)19)7-11(9)15(20)21/h3-4,7,10,13H,2,5-6H2,1H3,(H,16,17)/t10-/m1/s1. The number of nitrogens with zero attached hydrogens (tertiary/aromatic N) is 2. The number of rotatable bonds is 9. The second kappa shape index (κ2) is 8.17. The summed E-state index contributed by atoms with van der Waals surface area (Å²) < 4.78 is 0. The maximum absolute atomic E-state index is 11.2. The van der Waals surface area contributed by atoms with E-state index in [4.69, 9.17) is 5.11 Å². The molecule has 120 valence electrons. The minimum atomic E-state index is -1.13. The number of hydrogen-bond donors (Lipinski definition) is 2. The lowest BCUT2D eigenvalue weighted by Crippen LogP contribution is -2.30. The van der Waals surface area contributed by atoms with Gasteiger partial charge >= 0.3 is 5.97 Å². The van der Waals surface area contributed by atoms with Crippen molar-refractivity contribution in [2.24, 2.45) is 0 Å². The molecule has 0 amide bonds. The number of carbonyl (C=O) groups is 1. The Morgan fingerprint density at radius 2 is 2.05 bits per heavy atom. The van der Waals surface area contributed by atoms with Gasteiger partial charge in [0, 0.05) is 6.07 Å². The Balaban J connectivity index is 3.00. The molecular formula is C12H15N3O6S. The molecule has 0 aromatic heterocycles. The summed E-state index contributed by atoms with van der Waals surface area (Å²) in [6.45, 7) is 1.94. The molecule has 1 atom stereocenters. The fraction of sp³-hybridized carbons (Fsp3) is 0.417. The van der Waals surface area contributed by atoms with E-state index >= 15 is 0 Å². The van der Waals surface area contributed by atoms with Gasteiger partial charge in [-0.1, -0.05) is 6.92 Å². The largest absolute Gasteiger partial charge is 0.480 e. The second-order valence-electron chi connectivity index (χ2n) is 4.24. The summed E-state index contributed by atoms with van der Waals surface area (Å²) >= 11 is 1.55. The highest BCUT2D eigenvalue weighted by Gasteiger charge is 2.24. The van der Waals surface area contributed by atoms with Crippen LogP contribution in [0.3, 0.4) is 0 Å². The third-order valence-electron chi connectivity index (χ3n) is 2.77. The average molecular weight is 329 g/mol. The zero-order chi connectivity index (χ0) is 16.7. The molecule has 0 radical (unpaired) electrons. The molecule has 0 heterocycles.